The third kappa shape index (κ3) is 6.28. The summed E-state index contributed by atoms with van der Waals surface area (Å²) in [6.07, 6.45) is 5.36. The van der Waals surface area contributed by atoms with Crippen LogP contribution in [0.15, 0.2) is 110 Å². The van der Waals surface area contributed by atoms with E-state index in [1.54, 1.807) is 4.90 Å². The van der Waals surface area contributed by atoms with Crippen molar-refractivity contribution in [2.45, 2.75) is 25.3 Å². The highest BCUT2D eigenvalue weighted by atomic mass is 79.9. The molecule has 0 saturated carbocycles. The first-order chi connectivity index (χ1) is 18.0. The molecular formula is C30H27Br2N3OS. The Kier molecular flexibility index (Phi) is 8.33. The van der Waals surface area contributed by atoms with E-state index in [1.807, 2.05) is 37.4 Å². The van der Waals surface area contributed by atoms with E-state index in [9.17, 15) is 4.79 Å². The minimum absolute atomic E-state index is 0.0370. The van der Waals surface area contributed by atoms with E-state index in [1.165, 1.54) is 28.5 Å². The maximum atomic E-state index is 13.0. The summed E-state index contributed by atoms with van der Waals surface area (Å²) in [4.78, 5) is 19.8. The van der Waals surface area contributed by atoms with Crippen LogP contribution in [0.25, 0.3) is 6.08 Å². The van der Waals surface area contributed by atoms with Crippen LogP contribution < -0.4 is 10.2 Å². The van der Waals surface area contributed by atoms with Gasteiger partial charge in [0.15, 0.2) is 5.17 Å². The van der Waals surface area contributed by atoms with Crippen LogP contribution in [0.2, 0.25) is 0 Å². The number of benzene rings is 3. The van der Waals surface area contributed by atoms with Gasteiger partial charge >= 0.3 is 0 Å². The van der Waals surface area contributed by atoms with Crippen LogP contribution in [-0.4, -0.2) is 23.9 Å². The molecule has 1 N–H and O–H groups in total. The Bertz CT molecular complexity index is 1370. The number of thioether (sulfide) groups is 1. The molecule has 0 saturated heterocycles. The van der Waals surface area contributed by atoms with Crippen molar-refractivity contribution in [1.82, 2.24) is 5.32 Å². The van der Waals surface area contributed by atoms with Gasteiger partial charge < -0.3 is 10.2 Å². The Balaban J connectivity index is 1.43. The Morgan fingerprint density at radius 1 is 1.00 bits per heavy atom. The Hall–Kier alpha value is -2.61. The summed E-state index contributed by atoms with van der Waals surface area (Å²) in [6, 6.07) is 26.5. The van der Waals surface area contributed by atoms with E-state index in [-0.39, 0.29) is 11.9 Å². The molecule has 3 aromatic rings. The number of carbonyl (C=O) groups excluding carboxylic acids is 1. The summed E-state index contributed by atoms with van der Waals surface area (Å²) < 4.78 is 2.12. The van der Waals surface area contributed by atoms with Crippen LogP contribution >= 0.6 is 43.6 Å². The fourth-order valence-electron chi connectivity index (χ4n) is 4.62. The number of para-hydroxylation sites is 1. The zero-order valence-corrected chi connectivity index (χ0v) is 24.4. The van der Waals surface area contributed by atoms with Crippen molar-refractivity contribution in [3.63, 3.8) is 0 Å². The van der Waals surface area contributed by atoms with Crippen molar-refractivity contribution in [3.8, 4) is 0 Å². The van der Waals surface area contributed by atoms with Gasteiger partial charge in [0.1, 0.15) is 6.04 Å². The highest BCUT2D eigenvalue weighted by molar-refractivity contribution is 9.10. The number of halogens is 2. The normalized spacial score (nSPS) is 18.2. The third-order valence-corrected chi connectivity index (χ3v) is 8.52. The van der Waals surface area contributed by atoms with Crippen molar-refractivity contribution in [2.75, 3.05) is 17.7 Å². The minimum Gasteiger partial charge on any atom is -0.335 e. The van der Waals surface area contributed by atoms with Gasteiger partial charge in [-0.05, 0) is 84.0 Å². The largest absolute Gasteiger partial charge is 0.335 e. The van der Waals surface area contributed by atoms with Crippen LogP contribution in [0.3, 0.4) is 0 Å². The highest BCUT2D eigenvalue weighted by Crippen LogP contribution is 2.42. The summed E-state index contributed by atoms with van der Waals surface area (Å²) in [5.41, 5.74) is 6.97. The van der Waals surface area contributed by atoms with E-state index in [0.717, 1.165) is 50.3 Å². The third-order valence-electron chi connectivity index (χ3n) is 6.59. The molecule has 188 valence electrons. The number of nitrogens with zero attached hydrogens (tertiary/aromatic N) is 2. The molecule has 1 atom stereocenters. The van der Waals surface area contributed by atoms with Crippen molar-refractivity contribution >= 4 is 66.5 Å². The molecule has 1 amide bonds. The number of allylic oxidation sites excluding steroid dienone is 1. The van der Waals surface area contributed by atoms with Gasteiger partial charge in [-0.15, -0.1) is 0 Å². The molecule has 0 radical (unpaired) electrons. The van der Waals surface area contributed by atoms with Crippen LogP contribution in [0.4, 0.5) is 5.69 Å². The number of nitrogens with one attached hydrogen (secondary N) is 1. The Morgan fingerprint density at radius 2 is 1.68 bits per heavy atom. The van der Waals surface area contributed by atoms with E-state index in [2.05, 4.69) is 91.8 Å². The van der Waals surface area contributed by atoms with Gasteiger partial charge in [0, 0.05) is 27.4 Å². The summed E-state index contributed by atoms with van der Waals surface area (Å²) in [7, 11) is 1.82. The number of hydrogen-bond donors (Lipinski definition) is 1. The molecule has 1 aliphatic heterocycles. The number of amidine groups is 1. The number of aliphatic imine (C=N–C) groups is 1. The first kappa shape index (κ1) is 26.0. The lowest BCUT2D eigenvalue weighted by Crippen LogP contribution is -2.33. The average Bonchev–Trinajstić information content (AvgIpc) is 2.93. The second kappa shape index (κ2) is 11.8. The van der Waals surface area contributed by atoms with Gasteiger partial charge in [-0.2, -0.15) is 0 Å². The molecule has 3 aromatic carbocycles. The van der Waals surface area contributed by atoms with Crippen LogP contribution in [0.1, 0.15) is 36.4 Å². The topological polar surface area (TPSA) is 44.7 Å². The summed E-state index contributed by atoms with van der Waals surface area (Å²) in [6.45, 7) is 0. The standard InChI is InChI=1S/C30H27Br2N3OS/c1-35(25-7-3-2-4-8-25)27(36)19-37-30-33-28(21-12-16-24(32)17-13-21)26-9-5-6-22(29(26)34-30)18-20-10-14-23(31)15-11-20/h2-4,7-8,10-18,28H,5-6,9,19H2,1H3,(H,33,34)/b22-18+/t28-/m1/s1. The predicted molar refractivity (Wildman–Crippen MR) is 163 cm³/mol. The number of anilines is 1. The van der Waals surface area contributed by atoms with Crippen LogP contribution in [0.5, 0.6) is 0 Å². The summed E-state index contributed by atoms with van der Waals surface area (Å²) in [5.74, 6) is 0.341. The van der Waals surface area contributed by atoms with Crippen molar-refractivity contribution in [2.24, 2.45) is 4.99 Å². The Morgan fingerprint density at radius 3 is 2.38 bits per heavy atom. The molecule has 5 rings (SSSR count). The fourth-order valence-corrected chi connectivity index (χ4v) is 5.95. The first-order valence-corrected chi connectivity index (χ1v) is 14.8. The SMILES string of the molecule is CN(C(=O)CSC1=N[C@H](c2ccc(Br)cc2)C2=C(N1)/C(=C/c1ccc(Br)cc1)CCC2)c1ccccc1. The lowest BCUT2D eigenvalue weighted by Gasteiger charge is -2.33. The molecule has 37 heavy (non-hydrogen) atoms. The van der Waals surface area contributed by atoms with Crippen molar-refractivity contribution < 1.29 is 4.79 Å². The second-order valence-electron chi connectivity index (χ2n) is 9.07. The number of rotatable bonds is 5. The zero-order chi connectivity index (χ0) is 25.8. The zero-order valence-electron chi connectivity index (χ0n) is 20.5. The maximum absolute atomic E-state index is 13.0. The molecular weight excluding hydrogens is 610 g/mol. The second-order valence-corrected chi connectivity index (χ2v) is 11.9. The smallest absolute Gasteiger partial charge is 0.237 e. The fraction of sp³-hybridized carbons (Fsp3) is 0.200. The number of amides is 1. The van der Waals surface area contributed by atoms with Crippen LogP contribution in [0, 0.1) is 0 Å². The van der Waals surface area contributed by atoms with Gasteiger partial charge in [-0.1, -0.05) is 86.1 Å². The molecule has 0 aromatic heterocycles. The maximum Gasteiger partial charge on any atom is 0.237 e. The van der Waals surface area contributed by atoms with E-state index in [4.69, 9.17) is 4.99 Å². The van der Waals surface area contributed by atoms with Gasteiger partial charge in [0.25, 0.3) is 0 Å². The molecule has 0 unspecified atom stereocenters. The summed E-state index contributed by atoms with van der Waals surface area (Å²) >= 11 is 8.55. The van der Waals surface area contributed by atoms with Crippen molar-refractivity contribution in [1.29, 1.82) is 0 Å². The molecule has 4 nitrogen and oxygen atoms in total. The molecule has 0 spiro atoms. The van der Waals surface area contributed by atoms with Gasteiger partial charge in [0.05, 0.1) is 5.75 Å². The van der Waals surface area contributed by atoms with Gasteiger partial charge in [0.2, 0.25) is 5.91 Å². The quantitative estimate of drug-likeness (QED) is 0.308. The highest BCUT2D eigenvalue weighted by Gasteiger charge is 2.30. The summed E-state index contributed by atoms with van der Waals surface area (Å²) in [5, 5.41) is 4.40. The van der Waals surface area contributed by atoms with E-state index >= 15 is 0 Å². The Labute approximate surface area is 239 Å². The number of hydrogen-bond acceptors (Lipinski definition) is 4. The molecule has 0 fully saturated rings. The molecule has 2 aliphatic rings. The van der Waals surface area contributed by atoms with Crippen molar-refractivity contribution in [3.05, 3.63) is 116 Å². The van der Waals surface area contributed by atoms with E-state index in [0.29, 0.717) is 5.75 Å². The average molecular weight is 637 g/mol. The minimum atomic E-state index is -0.0672. The molecule has 1 heterocycles. The molecule has 1 aliphatic carbocycles. The van der Waals surface area contributed by atoms with Gasteiger partial charge in [-0.3, -0.25) is 4.79 Å². The molecule has 0 bridgehead atoms. The lowest BCUT2D eigenvalue weighted by atomic mass is 9.84. The monoisotopic (exact) mass is 635 g/mol. The van der Waals surface area contributed by atoms with E-state index < -0.39 is 0 Å². The predicted octanol–water partition coefficient (Wildman–Crippen LogP) is 8.13. The number of carbonyl (C=O) groups is 1. The van der Waals surface area contributed by atoms with Gasteiger partial charge in [-0.25, -0.2) is 4.99 Å². The first-order valence-electron chi connectivity index (χ1n) is 12.2. The lowest BCUT2D eigenvalue weighted by molar-refractivity contribution is -0.115. The molecule has 7 heteroatoms. The van der Waals surface area contributed by atoms with Crippen LogP contribution in [-0.2, 0) is 4.79 Å².